The third-order valence-electron chi connectivity index (χ3n) is 1.91. The number of hydrogen-bond donors (Lipinski definition) is 1. The molecule has 0 saturated carbocycles. The van der Waals surface area contributed by atoms with E-state index >= 15 is 0 Å². The fourth-order valence-electron chi connectivity index (χ4n) is 1.24. The van der Waals surface area contributed by atoms with Gasteiger partial charge in [-0.1, -0.05) is 23.7 Å². The van der Waals surface area contributed by atoms with Crippen LogP contribution in [0.1, 0.15) is 17.3 Å². The van der Waals surface area contributed by atoms with Crippen molar-refractivity contribution in [3.8, 4) is 0 Å². The maximum Gasteiger partial charge on any atom is 0.253 e. The molecule has 82 valence electrons. The van der Waals surface area contributed by atoms with Gasteiger partial charge in [0.25, 0.3) is 5.91 Å². The lowest BCUT2D eigenvalue weighted by atomic mass is 10.2. The average molecular weight is 244 g/mol. The van der Waals surface area contributed by atoms with Crippen molar-refractivity contribution in [1.82, 2.24) is 5.32 Å². The molecule has 0 spiro atoms. The third kappa shape index (κ3) is 3.76. The fraction of sp³-hybridized carbons (Fsp3) is 0.364. The van der Waals surface area contributed by atoms with Gasteiger partial charge in [0.05, 0.1) is 10.6 Å². The van der Waals surface area contributed by atoms with Crippen molar-refractivity contribution in [2.24, 2.45) is 0 Å². The summed E-state index contributed by atoms with van der Waals surface area (Å²) >= 11 is 7.62. The molecule has 0 radical (unpaired) electrons. The summed E-state index contributed by atoms with van der Waals surface area (Å²) in [4.78, 5) is 11.7. The summed E-state index contributed by atoms with van der Waals surface area (Å²) < 4.78 is 0. The van der Waals surface area contributed by atoms with Crippen molar-refractivity contribution >= 4 is 29.3 Å². The van der Waals surface area contributed by atoms with Crippen LogP contribution in [0.15, 0.2) is 24.3 Å². The van der Waals surface area contributed by atoms with E-state index in [0.717, 1.165) is 5.75 Å². The van der Waals surface area contributed by atoms with Crippen molar-refractivity contribution in [3.63, 3.8) is 0 Å². The molecule has 0 fully saturated rings. The Bertz CT molecular complexity index is 343. The number of amides is 1. The van der Waals surface area contributed by atoms with Crippen LogP contribution in [0, 0.1) is 0 Å². The van der Waals surface area contributed by atoms with Crippen LogP contribution in [0.3, 0.4) is 0 Å². The topological polar surface area (TPSA) is 29.1 Å². The molecule has 1 N–H and O–H groups in total. The zero-order valence-corrected chi connectivity index (χ0v) is 10.4. The molecule has 1 amide bonds. The number of benzene rings is 1. The normalized spacial score (nSPS) is 12.2. The second-order valence-electron chi connectivity index (χ2n) is 3.31. The minimum atomic E-state index is -0.109. The van der Waals surface area contributed by atoms with Gasteiger partial charge in [-0.05, 0) is 25.3 Å². The molecule has 1 aromatic rings. The van der Waals surface area contributed by atoms with E-state index < -0.39 is 0 Å². The summed E-state index contributed by atoms with van der Waals surface area (Å²) in [6.07, 6.45) is 2.01. The molecule has 1 atom stereocenters. The molecule has 0 bridgehead atoms. The molecule has 0 aliphatic rings. The van der Waals surface area contributed by atoms with E-state index in [1.54, 1.807) is 30.0 Å². The lowest BCUT2D eigenvalue weighted by Gasteiger charge is -2.12. The average Bonchev–Trinajstić information content (AvgIpc) is 2.18. The van der Waals surface area contributed by atoms with Crippen molar-refractivity contribution in [2.75, 3.05) is 12.0 Å². The summed E-state index contributed by atoms with van der Waals surface area (Å²) in [5, 5.41) is 3.39. The van der Waals surface area contributed by atoms with Crippen LogP contribution in [0.25, 0.3) is 0 Å². The van der Waals surface area contributed by atoms with Crippen molar-refractivity contribution < 1.29 is 4.79 Å². The molecule has 2 nitrogen and oxygen atoms in total. The zero-order valence-electron chi connectivity index (χ0n) is 8.79. The minimum Gasteiger partial charge on any atom is -0.349 e. The molecular formula is C11H14ClNOS. The Balaban J connectivity index is 2.65. The number of rotatable bonds is 4. The Hall–Kier alpha value is -0.670. The smallest absolute Gasteiger partial charge is 0.253 e. The molecule has 0 aliphatic heterocycles. The van der Waals surface area contributed by atoms with Gasteiger partial charge in [0.2, 0.25) is 0 Å². The molecule has 0 aromatic heterocycles. The number of nitrogens with one attached hydrogen (secondary N) is 1. The molecule has 1 rings (SSSR count). The Labute approximate surface area is 99.4 Å². The van der Waals surface area contributed by atoms with E-state index in [0.29, 0.717) is 10.6 Å². The predicted octanol–water partition coefficient (Wildman–Crippen LogP) is 2.82. The molecule has 0 aliphatic carbocycles. The lowest BCUT2D eigenvalue weighted by Crippen LogP contribution is -2.34. The standard InChI is InChI=1S/C11H14ClNOS/c1-8(7-15-2)13-11(14)9-5-3-4-6-10(9)12/h3-6,8H,7H2,1-2H3,(H,13,14)/t8-/m0/s1. The van der Waals surface area contributed by atoms with Gasteiger partial charge in [-0.2, -0.15) is 11.8 Å². The molecule has 0 unspecified atom stereocenters. The van der Waals surface area contributed by atoms with E-state index in [1.165, 1.54) is 0 Å². The van der Waals surface area contributed by atoms with Gasteiger partial charge >= 0.3 is 0 Å². The summed E-state index contributed by atoms with van der Waals surface area (Å²) in [5.41, 5.74) is 0.534. The first kappa shape index (κ1) is 12.4. The van der Waals surface area contributed by atoms with Crippen LogP contribution >= 0.6 is 23.4 Å². The largest absolute Gasteiger partial charge is 0.349 e. The first-order chi connectivity index (χ1) is 7.15. The summed E-state index contributed by atoms with van der Waals surface area (Å²) in [5.74, 6) is 0.790. The van der Waals surface area contributed by atoms with Gasteiger partial charge in [-0.25, -0.2) is 0 Å². The number of halogens is 1. The first-order valence-corrected chi connectivity index (χ1v) is 6.46. The highest BCUT2D eigenvalue weighted by molar-refractivity contribution is 7.98. The van der Waals surface area contributed by atoms with Crippen LogP contribution in [0.2, 0.25) is 5.02 Å². The predicted molar refractivity (Wildman–Crippen MR) is 66.8 cm³/mol. The van der Waals surface area contributed by atoms with Gasteiger partial charge in [-0.3, -0.25) is 4.79 Å². The highest BCUT2D eigenvalue weighted by Crippen LogP contribution is 2.14. The SMILES string of the molecule is CSC[C@H](C)NC(=O)c1ccccc1Cl. The number of carbonyl (C=O) groups excluding carboxylic acids is 1. The second-order valence-corrected chi connectivity index (χ2v) is 4.63. The minimum absolute atomic E-state index is 0.109. The third-order valence-corrected chi connectivity index (χ3v) is 3.08. The van der Waals surface area contributed by atoms with Gasteiger partial charge in [0.15, 0.2) is 0 Å². The van der Waals surface area contributed by atoms with Crippen LogP contribution in [-0.2, 0) is 0 Å². The molecule has 1 aromatic carbocycles. The molecule has 0 heterocycles. The van der Waals surface area contributed by atoms with E-state index in [2.05, 4.69) is 5.32 Å². The number of carbonyl (C=O) groups is 1. The lowest BCUT2D eigenvalue weighted by molar-refractivity contribution is 0.0944. The molecule has 4 heteroatoms. The molecule has 15 heavy (non-hydrogen) atoms. The Morgan fingerprint density at radius 3 is 2.80 bits per heavy atom. The number of thioether (sulfide) groups is 1. The summed E-state index contributed by atoms with van der Waals surface area (Å²) in [6.45, 7) is 1.98. The summed E-state index contributed by atoms with van der Waals surface area (Å²) in [7, 11) is 0. The van der Waals surface area contributed by atoms with Gasteiger partial charge in [0, 0.05) is 11.8 Å². The Kier molecular flexibility index (Phi) is 4.99. The van der Waals surface area contributed by atoms with Crippen molar-refractivity contribution in [3.05, 3.63) is 34.9 Å². The second kappa shape index (κ2) is 6.03. The van der Waals surface area contributed by atoms with Crippen molar-refractivity contribution in [2.45, 2.75) is 13.0 Å². The first-order valence-electron chi connectivity index (χ1n) is 4.69. The number of hydrogen-bond acceptors (Lipinski definition) is 2. The highest BCUT2D eigenvalue weighted by atomic mass is 35.5. The fourth-order valence-corrected chi connectivity index (χ4v) is 2.04. The Morgan fingerprint density at radius 1 is 1.53 bits per heavy atom. The zero-order chi connectivity index (χ0) is 11.3. The maximum absolute atomic E-state index is 11.7. The highest BCUT2D eigenvalue weighted by Gasteiger charge is 2.11. The molecule has 0 saturated heterocycles. The van der Waals surface area contributed by atoms with E-state index in [1.807, 2.05) is 19.2 Å². The van der Waals surface area contributed by atoms with E-state index in [-0.39, 0.29) is 11.9 Å². The van der Waals surface area contributed by atoms with Crippen LogP contribution in [0.4, 0.5) is 0 Å². The maximum atomic E-state index is 11.7. The Morgan fingerprint density at radius 2 is 2.20 bits per heavy atom. The van der Waals surface area contributed by atoms with Gasteiger partial charge in [-0.15, -0.1) is 0 Å². The quantitative estimate of drug-likeness (QED) is 0.881. The van der Waals surface area contributed by atoms with E-state index in [9.17, 15) is 4.79 Å². The van der Waals surface area contributed by atoms with Crippen molar-refractivity contribution in [1.29, 1.82) is 0 Å². The van der Waals surface area contributed by atoms with Crippen LogP contribution in [-0.4, -0.2) is 24.0 Å². The van der Waals surface area contributed by atoms with E-state index in [4.69, 9.17) is 11.6 Å². The van der Waals surface area contributed by atoms with Gasteiger partial charge < -0.3 is 5.32 Å². The molecular weight excluding hydrogens is 230 g/mol. The summed E-state index contributed by atoms with van der Waals surface area (Å²) in [6, 6.07) is 7.22. The van der Waals surface area contributed by atoms with Crippen LogP contribution in [0.5, 0.6) is 0 Å². The van der Waals surface area contributed by atoms with Crippen LogP contribution < -0.4 is 5.32 Å². The van der Waals surface area contributed by atoms with Gasteiger partial charge in [0.1, 0.15) is 0 Å². The monoisotopic (exact) mass is 243 g/mol.